The molecule has 1 aliphatic rings. The van der Waals surface area contributed by atoms with Gasteiger partial charge in [0, 0.05) is 32.4 Å². The number of carboxylic acids is 1. The topological polar surface area (TPSA) is 114 Å². The Morgan fingerprint density at radius 2 is 2.30 bits per heavy atom. The van der Waals surface area contributed by atoms with E-state index < -0.39 is 25.3 Å². The number of rotatable bonds is 6. The molecule has 1 aliphatic heterocycles. The lowest BCUT2D eigenvalue weighted by Crippen LogP contribution is -2.42. The first-order valence-corrected chi connectivity index (χ1v) is 8.09. The Morgan fingerprint density at radius 3 is 2.80 bits per heavy atom. The molecule has 0 aromatic carbocycles. The number of carbonyl (C=O) groups is 2. The van der Waals surface area contributed by atoms with Crippen LogP contribution >= 0.6 is 7.37 Å². The number of aliphatic carboxylic acids is 1. The molecule has 20 heavy (non-hydrogen) atoms. The van der Waals surface area contributed by atoms with Gasteiger partial charge < -0.3 is 28.7 Å². The number of carbonyl (C=O) groups excluding carboxylic acids is 2. The van der Waals surface area contributed by atoms with Gasteiger partial charge in [-0.05, 0) is 18.6 Å². The van der Waals surface area contributed by atoms with Crippen LogP contribution in [0.2, 0.25) is 0 Å². The Kier molecular flexibility index (Phi) is 4.30. The summed E-state index contributed by atoms with van der Waals surface area (Å²) >= 11 is 0. The Morgan fingerprint density at radius 1 is 1.55 bits per heavy atom. The van der Waals surface area contributed by atoms with Crippen molar-refractivity contribution in [1.29, 1.82) is 0 Å². The molecule has 2 heterocycles. The van der Waals surface area contributed by atoms with E-state index in [1.54, 1.807) is 6.07 Å². The number of likely N-dealkylation sites (tertiary alicyclic amines) is 1. The SMILES string of the molecule is O=C([O-])[C@@H](Cc1ccco1)P(=O)([O-])CN1CCCC1=O. The van der Waals surface area contributed by atoms with Crippen LogP contribution in [0.25, 0.3) is 0 Å². The summed E-state index contributed by atoms with van der Waals surface area (Å²) in [7, 11) is -4.35. The van der Waals surface area contributed by atoms with E-state index in [-0.39, 0.29) is 18.1 Å². The fraction of sp³-hybridized carbons (Fsp3) is 0.500. The summed E-state index contributed by atoms with van der Waals surface area (Å²) in [6, 6.07) is 3.04. The van der Waals surface area contributed by atoms with Crippen molar-refractivity contribution in [3.05, 3.63) is 24.2 Å². The van der Waals surface area contributed by atoms with Gasteiger partial charge in [-0.1, -0.05) is 0 Å². The van der Waals surface area contributed by atoms with Crippen molar-refractivity contribution in [1.82, 2.24) is 4.90 Å². The van der Waals surface area contributed by atoms with E-state index in [9.17, 15) is 24.2 Å². The molecular formula is C12H14NO6P-2. The predicted octanol–water partition coefficient (Wildman–Crippen LogP) is -0.841. The number of hydrogen-bond acceptors (Lipinski definition) is 6. The second-order valence-corrected chi connectivity index (χ2v) is 7.11. The van der Waals surface area contributed by atoms with Crippen LogP contribution in [-0.2, 0) is 20.6 Å². The van der Waals surface area contributed by atoms with Crippen LogP contribution in [0.1, 0.15) is 18.6 Å². The molecular weight excluding hydrogens is 285 g/mol. The fourth-order valence-corrected chi connectivity index (χ4v) is 3.94. The highest BCUT2D eigenvalue weighted by atomic mass is 31.2. The second-order valence-electron chi connectivity index (χ2n) is 4.75. The molecule has 8 heteroatoms. The lowest BCUT2D eigenvalue weighted by molar-refractivity contribution is -0.306. The molecule has 0 aliphatic carbocycles. The maximum atomic E-state index is 12.2. The standard InChI is InChI=1S/C12H16NO6P/c14-11-4-1-5-13(11)8-20(17,18)10(12(15)16)7-9-3-2-6-19-9/h2-3,6,10H,1,4-5,7-8H2,(H,15,16)(H,17,18)/p-2/t10-/m1/s1. The fourth-order valence-electron chi connectivity index (χ4n) is 2.19. The van der Waals surface area contributed by atoms with E-state index in [1.807, 2.05) is 0 Å². The van der Waals surface area contributed by atoms with Crippen molar-refractivity contribution >= 4 is 19.2 Å². The maximum absolute atomic E-state index is 12.2. The Labute approximate surface area is 115 Å². The smallest absolute Gasteiger partial charge is 0.223 e. The Bertz CT molecular complexity index is 540. The molecule has 0 radical (unpaired) electrons. The van der Waals surface area contributed by atoms with Crippen molar-refractivity contribution < 1.29 is 28.6 Å². The monoisotopic (exact) mass is 299 g/mol. The van der Waals surface area contributed by atoms with Crippen LogP contribution in [0.15, 0.2) is 22.8 Å². The van der Waals surface area contributed by atoms with Crippen molar-refractivity contribution in [3.8, 4) is 0 Å². The Balaban J connectivity index is 2.12. The van der Waals surface area contributed by atoms with Gasteiger partial charge in [0.15, 0.2) is 0 Å². The number of amides is 1. The molecule has 1 aromatic heterocycles. The van der Waals surface area contributed by atoms with E-state index in [0.29, 0.717) is 19.4 Å². The van der Waals surface area contributed by atoms with Gasteiger partial charge in [-0.2, -0.15) is 0 Å². The molecule has 110 valence electrons. The van der Waals surface area contributed by atoms with E-state index in [2.05, 4.69) is 0 Å². The van der Waals surface area contributed by atoms with Crippen LogP contribution in [0, 0.1) is 0 Å². The highest BCUT2D eigenvalue weighted by Crippen LogP contribution is 2.44. The van der Waals surface area contributed by atoms with Crippen molar-refractivity contribution in [2.45, 2.75) is 24.9 Å². The molecule has 1 unspecified atom stereocenters. The number of nitrogens with zero attached hydrogens (tertiary/aromatic N) is 1. The Hall–Kier alpha value is -1.59. The zero-order chi connectivity index (χ0) is 14.8. The molecule has 0 saturated carbocycles. The van der Waals surface area contributed by atoms with Crippen LogP contribution in [0.3, 0.4) is 0 Å². The molecule has 7 nitrogen and oxygen atoms in total. The lowest BCUT2D eigenvalue weighted by atomic mass is 10.2. The molecule has 1 aromatic rings. The molecule has 2 atom stereocenters. The average Bonchev–Trinajstić information content (AvgIpc) is 2.98. The number of furan rings is 1. The predicted molar refractivity (Wildman–Crippen MR) is 64.6 cm³/mol. The van der Waals surface area contributed by atoms with Crippen LogP contribution in [0.4, 0.5) is 0 Å². The summed E-state index contributed by atoms with van der Waals surface area (Å²) in [6.07, 6.45) is 1.37. The van der Waals surface area contributed by atoms with Gasteiger partial charge in [0.05, 0.1) is 18.5 Å². The van der Waals surface area contributed by atoms with Crippen molar-refractivity contribution in [2.24, 2.45) is 0 Å². The van der Waals surface area contributed by atoms with Gasteiger partial charge >= 0.3 is 0 Å². The third-order valence-electron chi connectivity index (χ3n) is 3.26. The van der Waals surface area contributed by atoms with Crippen LogP contribution in [0.5, 0.6) is 0 Å². The van der Waals surface area contributed by atoms with E-state index in [4.69, 9.17) is 4.42 Å². The molecule has 0 spiro atoms. The first-order valence-electron chi connectivity index (χ1n) is 6.21. The second kappa shape index (κ2) is 5.81. The van der Waals surface area contributed by atoms with Gasteiger partial charge in [0.25, 0.3) is 0 Å². The summed E-state index contributed by atoms with van der Waals surface area (Å²) in [4.78, 5) is 35.9. The summed E-state index contributed by atoms with van der Waals surface area (Å²) < 4.78 is 17.1. The zero-order valence-corrected chi connectivity index (χ0v) is 11.6. The van der Waals surface area contributed by atoms with Crippen molar-refractivity contribution in [2.75, 3.05) is 12.8 Å². The van der Waals surface area contributed by atoms with Gasteiger partial charge in [-0.25, -0.2) is 0 Å². The van der Waals surface area contributed by atoms with Crippen LogP contribution < -0.4 is 10.00 Å². The van der Waals surface area contributed by atoms with Gasteiger partial charge in [0.2, 0.25) is 5.91 Å². The normalized spacial score (nSPS) is 19.9. The minimum absolute atomic E-state index is 0.253. The highest BCUT2D eigenvalue weighted by molar-refractivity contribution is 7.58. The van der Waals surface area contributed by atoms with Gasteiger partial charge in [-0.3, -0.25) is 4.79 Å². The highest BCUT2D eigenvalue weighted by Gasteiger charge is 2.30. The minimum atomic E-state index is -4.35. The van der Waals surface area contributed by atoms with E-state index in [0.717, 1.165) is 0 Å². The largest absolute Gasteiger partial charge is 0.798 e. The van der Waals surface area contributed by atoms with Crippen molar-refractivity contribution in [3.63, 3.8) is 0 Å². The number of carboxylic acid groups (broad SMARTS) is 1. The van der Waals surface area contributed by atoms with E-state index >= 15 is 0 Å². The summed E-state index contributed by atoms with van der Waals surface area (Å²) in [5.74, 6) is -1.69. The molecule has 0 N–H and O–H groups in total. The molecule has 1 saturated heterocycles. The quantitative estimate of drug-likeness (QED) is 0.633. The average molecular weight is 299 g/mol. The summed E-state index contributed by atoms with van der Waals surface area (Å²) in [6.45, 7) is 0.339. The first kappa shape index (κ1) is 14.8. The molecule has 2 rings (SSSR count). The summed E-state index contributed by atoms with van der Waals surface area (Å²) in [5, 5.41) is 11.1. The minimum Gasteiger partial charge on any atom is -0.798 e. The van der Waals surface area contributed by atoms with E-state index in [1.165, 1.54) is 17.2 Å². The molecule has 1 amide bonds. The maximum Gasteiger partial charge on any atom is 0.223 e. The van der Waals surface area contributed by atoms with Crippen LogP contribution in [-0.4, -0.2) is 35.3 Å². The molecule has 1 fully saturated rings. The molecule has 0 bridgehead atoms. The zero-order valence-electron chi connectivity index (χ0n) is 10.7. The third kappa shape index (κ3) is 3.29. The van der Waals surface area contributed by atoms with Gasteiger partial charge in [-0.15, -0.1) is 0 Å². The van der Waals surface area contributed by atoms with Gasteiger partial charge in [0.1, 0.15) is 5.76 Å². The first-order chi connectivity index (χ1) is 9.40. The number of hydrogen-bond donors (Lipinski definition) is 0. The summed E-state index contributed by atoms with van der Waals surface area (Å²) in [5.41, 5.74) is -1.69. The lowest BCUT2D eigenvalue weighted by Gasteiger charge is -2.35. The third-order valence-corrected chi connectivity index (χ3v) is 5.34.